The fourth-order valence-corrected chi connectivity index (χ4v) is 4.81. The van der Waals surface area contributed by atoms with Crippen molar-refractivity contribution in [2.75, 3.05) is 31.5 Å². The van der Waals surface area contributed by atoms with Crippen LogP contribution < -0.4 is 24.8 Å². The maximum Gasteiger partial charge on any atom is 0.262 e. The fraction of sp³-hybridized carbons (Fsp3) is 0.333. The van der Waals surface area contributed by atoms with Crippen molar-refractivity contribution in [2.45, 2.75) is 30.4 Å². The number of fused-ring (bicyclic) bond motifs is 1. The number of methoxy groups -OCH3 is 2. The summed E-state index contributed by atoms with van der Waals surface area (Å²) in [6, 6.07) is 7.86. The predicted octanol–water partition coefficient (Wildman–Crippen LogP) is 2.53. The van der Waals surface area contributed by atoms with Crippen LogP contribution in [-0.2, 0) is 19.4 Å². The summed E-state index contributed by atoms with van der Waals surface area (Å²) in [5, 5.41) is 4.32. The zero-order chi connectivity index (χ0) is 22.8. The molecule has 0 fully saturated rings. The number of carbonyl (C=O) groups is 2. The summed E-state index contributed by atoms with van der Waals surface area (Å²) >= 11 is 0. The molecule has 0 radical (unpaired) electrons. The van der Waals surface area contributed by atoms with E-state index < -0.39 is 21.0 Å². The van der Waals surface area contributed by atoms with Crippen molar-refractivity contribution < 1.29 is 32.2 Å². The molecule has 0 bridgehead atoms. The van der Waals surface area contributed by atoms with Gasteiger partial charge in [-0.1, -0.05) is 0 Å². The summed E-state index contributed by atoms with van der Waals surface area (Å²) in [7, 11) is -0.878. The first-order valence-electron chi connectivity index (χ1n) is 9.48. The number of rotatable bonds is 7. The van der Waals surface area contributed by atoms with Crippen molar-refractivity contribution in [1.29, 1.82) is 0 Å². The van der Waals surface area contributed by atoms with Gasteiger partial charge in [0.25, 0.3) is 5.91 Å². The summed E-state index contributed by atoms with van der Waals surface area (Å²) in [4.78, 5) is 24.1. The molecule has 1 heterocycles. The third-order valence-electron chi connectivity index (χ3n) is 4.90. The van der Waals surface area contributed by atoms with Crippen LogP contribution in [0.5, 0.6) is 17.2 Å². The lowest BCUT2D eigenvalue weighted by Crippen LogP contribution is -2.27. The van der Waals surface area contributed by atoms with Gasteiger partial charge in [-0.15, -0.1) is 0 Å². The van der Waals surface area contributed by atoms with E-state index in [-0.39, 0.29) is 29.6 Å². The molecule has 2 amide bonds. The number of benzene rings is 2. The second-order valence-corrected chi connectivity index (χ2v) is 9.46. The smallest absolute Gasteiger partial charge is 0.262 e. The minimum Gasteiger partial charge on any atom is -0.497 e. The Morgan fingerprint density at radius 3 is 2.65 bits per heavy atom. The monoisotopic (exact) mass is 448 g/mol. The number of sulfone groups is 1. The van der Waals surface area contributed by atoms with Crippen molar-refractivity contribution in [2.24, 2.45) is 0 Å². The first-order valence-corrected chi connectivity index (χ1v) is 11.0. The molecule has 0 saturated carbocycles. The fourth-order valence-electron chi connectivity index (χ4n) is 3.22. The highest BCUT2D eigenvalue weighted by molar-refractivity contribution is 7.92. The number of hydrogen-bond donors (Lipinski definition) is 2. The van der Waals surface area contributed by atoms with E-state index in [0.717, 1.165) is 0 Å². The van der Waals surface area contributed by atoms with E-state index in [1.54, 1.807) is 31.2 Å². The molecule has 1 unspecified atom stereocenters. The normalized spacial score (nSPS) is 14.0. The standard InChI is InChI=1S/C21H24N2O7S/c1-12-7-15-18(30-11-21(25)23-15)10-19(12)31(26,27)13(2)8-20(24)22-16-9-14(28-3)5-6-17(16)29-4/h5-7,9-10,13H,8,11H2,1-4H3,(H,22,24)(H,23,25). The number of amides is 2. The summed E-state index contributed by atoms with van der Waals surface area (Å²) < 4.78 is 42.0. The molecular formula is C21H24N2O7S. The highest BCUT2D eigenvalue weighted by Crippen LogP contribution is 2.35. The average Bonchev–Trinajstić information content (AvgIpc) is 2.72. The third-order valence-corrected chi connectivity index (χ3v) is 7.18. The number of anilines is 2. The summed E-state index contributed by atoms with van der Waals surface area (Å²) in [6.07, 6.45) is -0.267. The first-order chi connectivity index (χ1) is 14.6. The zero-order valence-corrected chi connectivity index (χ0v) is 18.5. The van der Waals surface area contributed by atoms with Gasteiger partial charge in [-0.3, -0.25) is 9.59 Å². The number of nitrogens with one attached hydrogen (secondary N) is 2. The number of ether oxygens (including phenoxy) is 3. The summed E-state index contributed by atoms with van der Waals surface area (Å²) in [6.45, 7) is 2.91. The lowest BCUT2D eigenvalue weighted by atomic mass is 10.2. The minimum absolute atomic E-state index is 0.0571. The Bertz CT molecular complexity index is 1130. The van der Waals surface area contributed by atoms with Crippen LogP contribution in [0.25, 0.3) is 0 Å². The topological polar surface area (TPSA) is 120 Å². The Hall–Kier alpha value is -3.27. The van der Waals surface area contributed by atoms with E-state index in [9.17, 15) is 18.0 Å². The Morgan fingerprint density at radius 2 is 1.97 bits per heavy atom. The van der Waals surface area contributed by atoms with E-state index in [0.29, 0.717) is 28.4 Å². The molecule has 9 nitrogen and oxygen atoms in total. The van der Waals surface area contributed by atoms with Gasteiger partial charge >= 0.3 is 0 Å². The number of hydrogen-bond acceptors (Lipinski definition) is 7. The van der Waals surface area contributed by atoms with Gasteiger partial charge in [-0.25, -0.2) is 8.42 Å². The molecular weight excluding hydrogens is 424 g/mol. The molecule has 1 aliphatic rings. The highest BCUT2D eigenvalue weighted by atomic mass is 32.2. The van der Waals surface area contributed by atoms with Crippen LogP contribution >= 0.6 is 0 Å². The second kappa shape index (κ2) is 8.84. The van der Waals surface area contributed by atoms with Crippen molar-refractivity contribution in [3.63, 3.8) is 0 Å². The van der Waals surface area contributed by atoms with Crippen molar-refractivity contribution in [3.05, 3.63) is 35.9 Å². The largest absolute Gasteiger partial charge is 0.497 e. The SMILES string of the molecule is COc1ccc(OC)c(NC(=O)CC(C)S(=O)(=O)c2cc3c(cc2C)NC(=O)CO3)c1. The maximum absolute atomic E-state index is 13.1. The second-order valence-electron chi connectivity index (χ2n) is 7.12. The van der Waals surface area contributed by atoms with Crippen LogP contribution in [0.15, 0.2) is 35.2 Å². The van der Waals surface area contributed by atoms with Gasteiger partial charge < -0.3 is 24.8 Å². The highest BCUT2D eigenvalue weighted by Gasteiger charge is 2.30. The molecule has 10 heteroatoms. The number of carbonyl (C=O) groups excluding carboxylic acids is 2. The molecule has 0 aromatic heterocycles. The molecule has 2 N–H and O–H groups in total. The number of aryl methyl sites for hydroxylation is 1. The molecule has 0 aliphatic carbocycles. The van der Waals surface area contributed by atoms with Crippen LogP contribution in [0.4, 0.5) is 11.4 Å². The van der Waals surface area contributed by atoms with Crippen LogP contribution in [0.1, 0.15) is 18.9 Å². The first kappa shape index (κ1) is 22.4. The van der Waals surface area contributed by atoms with Gasteiger partial charge in [0.1, 0.15) is 17.2 Å². The van der Waals surface area contributed by atoms with Crippen LogP contribution in [-0.4, -0.2) is 46.3 Å². The molecule has 2 aromatic carbocycles. The quantitative estimate of drug-likeness (QED) is 0.668. The van der Waals surface area contributed by atoms with E-state index >= 15 is 0 Å². The van der Waals surface area contributed by atoms with Crippen molar-refractivity contribution in [1.82, 2.24) is 0 Å². The molecule has 3 rings (SSSR count). The Balaban J connectivity index is 1.79. The lowest BCUT2D eigenvalue weighted by Gasteiger charge is -2.21. The van der Waals surface area contributed by atoms with Gasteiger partial charge in [0.2, 0.25) is 5.91 Å². The van der Waals surface area contributed by atoms with Crippen molar-refractivity contribution >= 4 is 33.0 Å². The molecule has 2 aromatic rings. The van der Waals surface area contributed by atoms with Crippen molar-refractivity contribution in [3.8, 4) is 17.2 Å². The van der Waals surface area contributed by atoms with Gasteiger partial charge in [-0.2, -0.15) is 0 Å². The van der Waals surface area contributed by atoms with E-state index in [2.05, 4.69) is 10.6 Å². The van der Waals surface area contributed by atoms with E-state index in [4.69, 9.17) is 14.2 Å². The van der Waals surface area contributed by atoms with Crippen LogP contribution in [0.2, 0.25) is 0 Å². The van der Waals surface area contributed by atoms with Gasteiger partial charge in [0.15, 0.2) is 16.4 Å². The molecule has 0 spiro atoms. The average molecular weight is 448 g/mol. The molecule has 0 saturated heterocycles. The minimum atomic E-state index is -3.84. The maximum atomic E-state index is 13.1. The van der Waals surface area contributed by atoms with Crippen LogP contribution in [0.3, 0.4) is 0 Å². The molecule has 31 heavy (non-hydrogen) atoms. The van der Waals surface area contributed by atoms with E-state index in [1.165, 1.54) is 27.2 Å². The predicted molar refractivity (Wildman–Crippen MR) is 115 cm³/mol. The third kappa shape index (κ3) is 4.74. The molecule has 166 valence electrons. The van der Waals surface area contributed by atoms with Crippen LogP contribution in [0, 0.1) is 6.92 Å². The van der Waals surface area contributed by atoms with E-state index in [1.807, 2.05) is 0 Å². The van der Waals surface area contributed by atoms with Gasteiger partial charge in [-0.05, 0) is 37.6 Å². The van der Waals surface area contributed by atoms with Gasteiger partial charge in [0, 0.05) is 18.6 Å². The zero-order valence-electron chi connectivity index (χ0n) is 17.6. The molecule has 1 aliphatic heterocycles. The lowest BCUT2D eigenvalue weighted by molar-refractivity contribution is -0.118. The summed E-state index contributed by atoms with van der Waals surface area (Å²) in [5.41, 5.74) is 1.25. The summed E-state index contributed by atoms with van der Waals surface area (Å²) in [5.74, 6) is 0.437. The Labute approximate surface area is 180 Å². The Kier molecular flexibility index (Phi) is 6.40. The Morgan fingerprint density at radius 1 is 1.23 bits per heavy atom. The molecule has 1 atom stereocenters. The van der Waals surface area contributed by atoms with Gasteiger partial charge in [0.05, 0.1) is 35.7 Å².